The van der Waals surface area contributed by atoms with E-state index in [0.29, 0.717) is 11.3 Å². The number of thiazole rings is 1. The van der Waals surface area contributed by atoms with E-state index in [1.54, 1.807) is 53.4 Å². The number of benzene rings is 2. The number of hydrogen-bond acceptors (Lipinski definition) is 5. The Kier molecular flexibility index (Phi) is 4.95. The third kappa shape index (κ3) is 4.12. The van der Waals surface area contributed by atoms with Crippen LogP contribution in [0.25, 0.3) is 0 Å². The van der Waals surface area contributed by atoms with E-state index in [2.05, 4.69) is 10.3 Å². The summed E-state index contributed by atoms with van der Waals surface area (Å²) in [5.41, 5.74) is 3.83. The summed E-state index contributed by atoms with van der Waals surface area (Å²) < 4.78 is 0. The van der Waals surface area contributed by atoms with Crippen LogP contribution in [-0.4, -0.2) is 16.0 Å². The second-order valence-corrected chi connectivity index (χ2v) is 6.53. The van der Waals surface area contributed by atoms with Crippen molar-refractivity contribution in [3.63, 3.8) is 0 Å². The van der Waals surface area contributed by atoms with Crippen molar-refractivity contribution in [3.05, 3.63) is 70.7 Å². The molecule has 116 valence electrons. The number of nitrogens with zero attached hydrogens (tertiary/aromatic N) is 1. The van der Waals surface area contributed by atoms with E-state index >= 15 is 0 Å². The first-order valence-corrected chi connectivity index (χ1v) is 8.84. The van der Waals surface area contributed by atoms with Gasteiger partial charge in [-0.25, -0.2) is 4.98 Å². The van der Waals surface area contributed by atoms with Gasteiger partial charge in [0.15, 0.2) is 0 Å². The highest BCUT2D eigenvalue weighted by Crippen LogP contribution is 2.24. The number of para-hydroxylation sites is 2. The van der Waals surface area contributed by atoms with E-state index in [4.69, 9.17) is 0 Å². The van der Waals surface area contributed by atoms with Crippen LogP contribution in [0.2, 0.25) is 0 Å². The molecule has 6 heteroatoms. The summed E-state index contributed by atoms with van der Waals surface area (Å²) in [5, 5.41) is 14.4. The van der Waals surface area contributed by atoms with Crippen molar-refractivity contribution < 1.29 is 9.90 Å². The molecule has 23 heavy (non-hydrogen) atoms. The van der Waals surface area contributed by atoms with Gasteiger partial charge in [-0.3, -0.25) is 4.79 Å². The highest BCUT2D eigenvalue weighted by molar-refractivity contribution is 7.98. The molecule has 0 bridgehead atoms. The zero-order valence-electron chi connectivity index (χ0n) is 12.1. The number of amides is 1. The highest BCUT2D eigenvalue weighted by Gasteiger charge is 2.08. The molecule has 0 aliphatic heterocycles. The van der Waals surface area contributed by atoms with E-state index in [9.17, 15) is 9.90 Å². The number of rotatable bonds is 5. The summed E-state index contributed by atoms with van der Waals surface area (Å²) in [7, 11) is 0. The maximum Gasteiger partial charge on any atom is 0.255 e. The predicted octanol–water partition coefficient (Wildman–Crippen LogP) is 4.39. The van der Waals surface area contributed by atoms with Gasteiger partial charge in [0.05, 0.1) is 16.9 Å². The molecule has 0 atom stereocenters. The molecule has 1 heterocycles. The second-order valence-electron chi connectivity index (χ2n) is 4.76. The zero-order valence-corrected chi connectivity index (χ0v) is 13.7. The molecule has 0 unspecified atom stereocenters. The van der Waals surface area contributed by atoms with Gasteiger partial charge in [-0.05, 0) is 36.4 Å². The first-order chi connectivity index (χ1) is 11.2. The molecule has 3 aromatic rings. The predicted molar refractivity (Wildman–Crippen MR) is 94.2 cm³/mol. The van der Waals surface area contributed by atoms with Crippen LogP contribution in [0.15, 0.2) is 64.3 Å². The smallest absolute Gasteiger partial charge is 0.255 e. The lowest BCUT2D eigenvalue weighted by Crippen LogP contribution is -2.11. The zero-order chi connectivity index (χ0) is 16.1. The maximum absolute atomic E-state index is 12.2. The van der Waals surface area contributed by atoms with Crippen LogP contribution >= 0.6 is 23.1 Å². The largest absolute Gasteiger partial charge is 0.506 e. The molecular formula is C17H14N2O2S2. The molecule has 0 saturated carbocycles. The molecule has 1 aromatic heterocycles. The van der Waals surface area contributed by atoms with Gasteiger partial charge >= 0.3 is 0 Å². The van der Waals surface area contributed by atoms with Crippen LogP contribution in [0.4, 0.5) is 5.69 Å². The SMILES string of the molecule is O=C(Nc1ccccc1O)c1ccc(SCc2cscn2)cc1. The molecule has 4 nitrogen and oxygen atoms in total. The third-order valence-electron chi connectivity index (χ3n) is 3.14. The van der Waals surface area contributed by atoms with E-state index < -0.39 is 0 Å². The Morgan fingerprint density at radius 3 is 2.65 bits per heavy atom. The minimum atomic E-state index is -0.248. The molecule has 0 aliphatic rings. The number of phenolic OH excluding ortho intramolecular Hbond substituents is 1. The molecule has 0 aliphatic carbocycles. The van der Waals surface area contributed by atoms with Crippen molar-refractivity contribution in [1.29, 1.82) is 0 Å². The lowest BCUT2D eigenvalue weighted by molar-refractivity contribution is 0.102. The fourth-order valence-corrected chi connectivity index (χ4v) is 3.41. The van der Waals surface area contributed by atoms with Crippen molar-refractivity contribution >= 4 is 34.7 Å². The summed E-state index contributed by atoms with van der Waals surface area (Å²) in [6.45, 7) is 0. The van der Waals surface area contributed by atoms with Crippen molar-refractivity contribution in [3.8, 4) is 5.75 Å². The average molecular weight is 342 g/mol. The van der Waals surface area contributed by atoms with E-state index in [0.717, 1.165) is 16.3 Å². The van der Waals surface area contributed by atoms with Crippen LogP contribution in [0.5, 0.6) is 5.75 Å². The topological polar surface area (TPSA) is 62.2 Å². The van der Waals surface area contributed by atoms with Gasteiger partial charge in [0.2, 0.25) is 0 Å². The summed E-state index contributed by atoms with van der Waals surface area (Å²) >= 11 is 3.26. The highest BCUT2D eigenvalue weighted by atomic mass is 32.2. The molecule has 0 saturated heterocycles. The van der Waals surface area contributed by atoms with Crippen LogP contribution < -0.4 is 5.32 Å². The lowest BCUT2D eigenvalue weighted by Gasteiger charge is -2.07. The van der Waals surface area contributed by atoms with Crippen LogP contribution in [0.1, 0.15) is 16.1 Å². The second kappa shape index (κ2) is 7.30. The molecule has 0 spiro atoms. The van der Waals surface area contributed by atoms with Gasteiger partial charge in [-0.1, -0.05) is 12.1 Å². The quantitative estimate of drug-likeness (QED) is 0.533. The molecule has 3 rings (SSSR count). The number of aromatic nitrogens is 1. The molecule has 0 fully saturated rings. The number of hydrogen-bond donors (Lipinski definition) is 2. The normalized spacial score (nSPS) is 10.4. The number of nitrogens with one attached hydrogen (secondary N) is 1. The number of carbonyl (C=O) groups is 1. The maximum atomic E-state index is 12.2. The van der Waals surface area contributed by atoms with Crippen LogP contribution in [-0.2, 0) is 5.75 Å². The number of phenols is 1. The Morgan fingerprint density at radius 1 is 1.17 bits per heavy atom. The Balaban J connectivity index is 1.62. The summed E-state index contributed by atoms with van der Waals surface area (Å²) in [6.07, 6.45) is 0. The molecule has 2 aromatic carbocycles. The van der Waals surface area contributed by atoms with E-state index in [1.807, 2.05) is 23.0 Å². The summed E-state index contributed by atoms with van der Waals surface area (Å²) in [4.78, 5) is 17.5. The standard InChI is InChI=1S/C17H14N2O2S2/c20-16-4-2-1-3-15(16)19-17(21)12-5-7-14(8-6-12)23-10-13-9-22-11-18-13/h1-9,11,20H,10H2,(H,19,21). The molecule has 1 amide bonds. The van der Waals surface area contributed by atoms with Gasteiger partial charge in [0, 0.05) is 21.6 Å². The van der Waals surface area contributed by atoms with E-state index in [1.165, 1.54) is 6.07 Å². The Labute approximate surface area is 142 Å². The molecular weight excluding hydrogens is 328 g/mol. The lowest BCUT2D eigenvalue weighted by atomic mass is 10.2. The van der Waals surface area contributed by atoms with Crippen molar-refractivity contribution in [2.24, 2.45) is 0 Å². The molecule has 2 N–H and O–H groups in total. The number of carbonyl (C=O) groups excluding carboxylic acids is 1. The summed E-state index contributed by atoms with van der Waals surface area (Å²) in [5.74, 6) is 0.617. The van der Waals surface area contributed by atoms with Gasteiger partial charge < -0.3 is 10.4 Å². The van der Waals surface area contributed by atoms with E-state index in [-0.39, 0.29) is 11.7 Å². The number of thioether (sulfide) groups is 1. The van der Waals surface area contributed by atoms with Crippen molar-refractivity contribution in [1.82, 2.24) is 4.98 Å². The third-order valence-corrected chi connectivity index (χ3v) is 4.82. The Morgan fingerprint density at radius 2 is 1.96 bits per heavy atom. The number of anilines is 1. The Hall–Kier alpha value is -2.31. The number of aromatic hydroxyl groups is 1. The van der Waals surface area contributed by atoms with Gasteiger partial charge in [-0.2, -0.15) is 0 Å². The van der Waals surface area contributed by atoms with Crippen molar-refractivity contribution in [2.45, 2.75) is 10.6 Å². The van der Waals surface area contributed by atoms with Crippen LogP contribution in [0.3, 0.4) is 0 Å². The first-order valence-electron chi connectivity index (χ1n) is 6.91. The van der Waals surface area contributed by atoms with Gasteiger partial charge in [-0.15, -0.1) is 23.1 Å². The molecule has 0 radical (unpaired) electrons. The minimum absolute atomic E-state index is 0.0521. The van der Waals surface area contributed by atoms with Crippen molar-refractivity contribution in [2.75, 3.05) is 5.32 Å². The van der Waals surface area contributed by atoms with Gasteiger partial charge in [0.25, 0.3) is 5.91 Å². The summed E-state index contributed by atoms with van der Waals surface area (Å²) in [6, 6.07) is 14.0. The monoisotopic (exact) mass is 342 g/mol. The fraction of sp³-hybridized carbons (Fsp3) is 0.0588. The van der Waals surface area contributed by atoms with Gasteiger partial charge in [0.1, 0.15) is 5.75 Å². The first kappa shape index (κ1) is 15.6. The van der Waals surface area contributed by atoms with Crippen LogP contribution in [0, 0.1) is 0 Å². The Bertz CT molecular complexity index is 787. The fourth-order valence-electron chi connectivity index (χ4n) is 1.94. The minimum Gasteiger partial charge on any atom is -0.506 e. The average Bonchev–Trinajstić information content (AvgIpc) is 3.09.